The Morgan fingerprint density at radius 2 is 1.94 bits per heavy atom. The van der Waals surface area contributed by atoms with Crippen LogP contribution in [0.2, 0.25) is 0 Å². The average molecular weight is 451 g/mol. The van der Waals surface area contributed by atoms with Crippen LogP contribution in [0.15, 0.2) is 61.2 Å². The van der Waals surface area contributed by atoms with Crippen LogP contribution in [0, 0.1) is 0 Å². The number of hydrogen-bond donors (Lipinski definition) is 1. The molecule has 1 aromatic heterocycles. The van der Waals surface area contributed by atoms with E-state index in [0.717, 1.165) is 11.1 Å². The van der Waals surface area contributed by atoms with Crippen molar-refractivity contribution in [2.45, 2.75) is 31.7 Å². The van der Waals surface area contributed by atoms with Gasteiger partial charge in [-0.25, -0.2) is 9.78 Å². The van der Waals surface area contributed by atoms with Gasteiger partial charge in [0.2, 0.25) is 5.91 Å². The minimum absolute atomic E-state index is 0.111. The van der Waals surface area contributed by atoms with Gasteiger partial charge in [-0.3, -0.25) is 14.4 Å². The number of hydrogen-bond acceptors (Lipinski definition) is 6. The molecule has 2 unspecified atom stereocenters. The topological polar surface area (TPSA) is 110 Å². The van der Waals surface area contributed by atoms with Crippen molar-refractivity contribution in [3.8, 4) is 11.5 Å². The molecule has 2 heterocycles. The molecular weight excluding hydrogens is 426 g/mol. The van der Waals surface area contributed by atoms with E-state index in [4.69, 9.17) is 9.47 Å². The number of amides is 2. The molecular formula is C23H25N5O5. The van der Waals surface area contributed by atoms with E-state index in [1.807, 2.05) is 36.4 Å². The SMILES string of the molecule is COc1ccc(CN2C(=O)C(N(Cc3ccccc3)C(=O)O)C2Cn2cncn2)c(OC)c1. The number of methoxy groups -OCH3 is 2. The number of nitrogens with zero attached hydrogens (tertiary/aromatic N) is 5. The summed E-state index contributed by atoms with van der Waals surface area (Å²) in [4.78, 5) is 32.2. The van der Waals surface area contributed by atoms with Crippen LogP contribution in [-0.4, -0.2) is 68.0 Å². The summed E-state index contributed by atoms with van der Waals surface area (Å²) in [5.41, 5.74) is 1.60. The fourth-order valence-electron chi connectivity index (χ4n) is 4.07. The highest BCUT2D eigenvalue weighted by atomic mass is 16.5. The summed E-state index contributed by atoms with van der Waals surface area (Å²) in [6.45, 7) is 0.689. The van der Waals surface area contributed by atoms with Crippen LogP contribution < -0.4 is 9.47 Å². The maximum atomic E-state index is 13.3. The van der Waals surface area contributed by atoms with Gasteiger partial charge in [0.05, 0.1) is 26.8 Å². The van der Waals surface area contributed by atoms with E-state index >= 15 is 0 Å². The third-order valence-corrected chi connectivity index (χ3v) is 5.75. The molecule has 10 heteroatoms. The molecule has 4 rings (SSSR count). The maximum Gasteiger partial charge on any atom is 0.408 e. The number of ether oxygens (including phenoxy) is 2. The van der Waals surface area contributed by atoms with Gasteiger partial charge in [-0.15, -0.1) is 0 Å². The summed E-state index contributed by atoms with van der Waals surface area (Å²) in [5, 5.41) is 14.1. The lowest BCUT2D eigenvalue weighted by atomic mass is 9.91. The van der Waals surface area contributed by atoms with E-state index in [-0.39, 0.29) is 19.0 Å². The molecule has 1 N–H and O–H groups in total. The van der Waals surface area contributed by atoms with Gasteiger partial charge in [-0.1, -0.05) is 30.3 Å². The highest BCUT2D eigenvalue weighted by molar-refractivity contribution is 5.92. The number of carbonyl (C=O) groups excluding carboxylic acids is 1. The molecule has 33 heavy (non-hydrogen) atoms. The molecule has 3 aromatic rings. The van der Waals surface area contributed by atoms with Crippen LogP contribution >= 0.6 is 0 Å². The summed E-state index contributed by atoms with van der Waals surface area (Å²) in [6, 6.07) is 13.3. The number of carboxylic acid groups (broad SMARTS) is 1. The second kappa shape index (κ2) is 9.60. The van der Waals surface area contributed by atoms with Crippen molar-refractivity contribution in [3.05, 3.63) is 72.3 Å². The van der Waals surface area contributed by atoms with Crippen LogP contribution in [0.4, 0.5) is 4.79 Å². The molecule has 172 valence electrons. The summed E-state index contributed by atoms with van der Waals surface area (Å²) < 4.78 is 12.3. The second-order valence-electron chi connectivity index (χ2n) is 7.67. The molecule has 0 aliphatic carbocycles. The molecule has 0 bridgehead atoms. The van der Waals surface area contributed by atoms with Crippen LogP contribution in [0.1, 0.15) is 11.1 Å². The summed E-state index contributed by atoms with van der Waals surface area (Å²) in [5.74, 6) is 0.961. The molecule has 2 aromatic carbocycles. The summed E-state index contributed by atoms with van der Waals surface area (Å²) in [6.07, 6.45) is 1.81. The van der Waals surface area contributed by atoms with Crippen molar-refractivity contribution in [2.24, 2.45) is 0 Å². The Kier molecular flexibility index (Phi) is 6.43. The molecule has 0 spiro atoms. The van der Waals surface area contributed by atoms with Gasteiger partial charge in [0.15, 0.2) is 0 Å². The third-order valence-electron chi connectivity index (χ3n) is 5.75. The van der Waals surface area contributed by atoms with Gasteiger partial charge in [0, 0.05) is 24.7 Å². The summed E-state index contributed by atoms with van der Waals surface area (Å²) >= 11 is 0. The minimum Gasteiger partial charge on any atom is -0.497 e. The van der Waals surface area contributed by atoms with Gasteiger partial charge >= 0.3 is 6.09 Å². The zero-order valence-electron chi connectivity index (χ0n) is 18.4. The van der Waals surface area contributed by atoms with Gasteiger partial charge in [0.25, 0.3) is 0 Å². The maximum absolute atomic E-state index is 13.3. The molecule has 1 fully saturated rings. The zero-order valence-corrected chi connectivity index (χ0v) is 18.4. The highest BCUT2D eigenvalue weighted by Gasteiger charge is 2.52. The lowest BCUT2D eigenvalue weighted by Gasteiger charge is -2.50. The van der Waals surface area contributed by atoms with Crippen LogP contribution in [0.25, 0.3) is 0 Å². The van der Waals surface area contributed by atoms with Crippen LogP contribution in [0.3, 0.4) is 0 Å². The summed E-state index contributed by atoms with van der Waals surface area (Å²) in [7, 11) is 3.12. The first-order valence-electron chi connectivity index (χ1n) is 10.4. The number of β-lactam (4-membered cyclic amide) rings is 1. The lowest BCUT2D eigenvalue weighted by molar-refractivity contribution is -0.160. The molecule has 1 aliphatic rings. The Labute approximate surface area is 191 Å². The fourth-order valence-corrected chi connectivity index (χ4v) is 4.07. The third kappa shape index (κ3) is 4.59. The number of aromatic nitrogens is 3. The second-order valence-corrected chi connectivity index (χ2v) is 7.67. The molecule has 0 saturated carbocycles. The molecule has 10 nitrogen and oxygen atoms in total. The first-order valence-corrected chi connectivity index (χ1v) is 10.4. The van der Waals surface area contributed by atoms with Gasteiger partial charge in [0.1, 0.15) is 30.2 Å². The number of benzene rings is 2. The van der Waals surface area contributed by atoms with Gasteiger partial charge in [-0.2, -0.15) is 5.10 Å². The average Bonchev–Trinajstić information content (AvgIpc) is 3.35. The van der Waals surface area contributed by atoms with E-state index in [0.29, 0.717) is 18.0 Å². The van der Waals surface area contributed by atoms with E-state index < -0.39 is 18.2 Å². The van der Waals surface area contributed by atoms with Crippen LogP contribution in [0.5, 0.6) is 11.5 Å². The lowest BCUT2D eigenvalue weighted by Crippen LogP contribution is -2.71. The molecule has 2 amide bonds. The predicted octanol–water partition coefficient (Wildman–Crippen LogP) is 2.26. The fraction of sp³-hybridized carbons (Fsp3) is 0.304. The van der Waals surface area contributed by atoms with Crippen molar-refractivity contribution >= 4 is 12.0 Å². The smallest absolute Gasteiger partial charge is 0.408 e. The Bertz CT molecular complexity index is 1110. The van der Waals surface area contributed by atoms with Gasteiger partial charge in [-0.05, 0) is 17.7 Å². The Hall–Kier alpha value is -4.08. The molecule has 1 aliphatic heterocycles. The normalized spacial score (nSPS) is 17.4. The molecule has 0 radical (unpaired) electrons. The Morgan fingerprint density at radius 1 is 1.15 bits per heavy atom. The van der Waals surface area contributed by atoms with Crippen molar-refractivity contribution in [1.82, 2.24) is 24.6 Å². The van der Waals surface area contributed by atoms with Crippen LogP contribution in [-0.2, 0) is 24.4 Å². The number of likely N-dealkylation sites (tertiary alicyclic amines) is 1. The van der Waals surface area contributed by atoms with E-state index in [1.165, 1.54) is 11.2 Å². The Balaban J connectivity index is 1.61. The highest BCUT2D eigenvalue weighted by Crippen LogP contribution is 2.33. The van der Waals surface area contributed by atoms with E-state index in [2.05, 4.69) is 10.1 Å². The van der Waals surface area contributed by atoms with Gasteiger partial charge < -0.3 is 19.5 Å². The number of carbonyl (C=O) groups is 2. The van der Waals surface area contributed by atoms with E-state index in [1.54, 1.807) is 42.3 Å². The zero-order chi connectivity index (χ0) is 23.4. The molecule has 2 atom stereocenters. The van der Waals surface area contributed by atoms with Crippen molar-refractivity contribution < 1.29 is 24.2 Å². The van der Waals surface area contributed by atoms with Crippen molar-refractivity contribution in [2.75, 3.05) is 14.2 Å². The predicted molar refractivity (Wildman–Crippen MR) is 118 cm³/mol. The van der Waals surface area contributed by atoms with Crippen molar-refractivity contribution in [1.29, 1.82) is 0 Å². The standard InChI is InChI=1S/C23H25N5O5/c1-32-18-9-8-17(20(10-18)33-2)12-27-19(13-26-15-24-14-25-26)21(22(27)29)28(23(30)31)11-16-6-4-3-5-7-16/h3-10,14-15,19,21H,11-13H2,1-2H3,(H,30,31). The molecule has 1 saturated heterocycles. The quantitative estimate of drug-likeness (QED) is 0.497. The van der Waals surface area contributed by atoms with Crippen molar-refractivity contribution in [3.63, 3.8) is 0 Å². The number of rotatable bonds is 9. The Morgan fingerprint density at radius 3 is 2.58 bits per heavy atom. The monoisotopic (exact) mass is 451 g/mol. The minimum atomic E-state index is -1.15. The van der Waals surface area contributed by atoms with E-state index in [9.17, 15) is 14.7 Å². The largest absolute Gasteiger partial charge is 0.497 e. The first-order chi connectivity index (χ1) is 16.0. The first kappa shape index (κ1) is 22.1.